The maximum absolute atomic E-state index is 13.2. The van der Waals surface area contributed by atoms with E-state index < -0.39 is 0 Å². The van der Waals surface area contributed by atoms with Crippen molar-refractivity contribution in [3.05, 3.63) is 35.6 Å². The quantitative estimate of drug-likeness (QED) is 0.681. The van der Waals surface area contributed by atoms with Crippen LogP contribution in [-0.4, -0.2) is 24.5 Å². The van der Waals surface area contributed by atoms with Gasteiger partial charge in [-0.2, -0.15) is 0 Å². The molecule has 1 nitrogen and oxygen atoms in total. The van der Waals surface area contributed by atoms with Gasteiger partial charge >= 0.3 is 0 Å². The van der Waals surface area contributed by atoms with Gasteiger partial charge in [0.1, 0.15) is 5.82 Å². The Hall–Kier alpha value is -0.890. The van der Waals surface area contributed by atoms with Gasteiger partial charge in [-0.1, -0.05) is 12.1 Å². The third-order valence-corrected chi connectivity index (χ3v) is 3.93. The molecule has 0 N–H and O–H groups in total. The van der Waals surface area contributed by atoms with Crippen molar-refractivity contribution in [3.63, 3.8) is 0 Å². The molecule has 80 valence electrons. The molecule has 15 heavy (non-hydrogen) atoms. The van der Waals surface area contributed by atoms with Crippen LogP contribution < -0.4 is 0 Å². The van der Waals surface area contributed by atoms with Crippen molar-refractivity contribution in [2.75, 3.05) is 19.6 Å². The summed E-state index contributed by atoms with van der Waals surface area (Å²) in [6.07, 6.45) is 2.59. The molecule has 3 fully saturated rings. The topological polar surface area (TPSA) is 3.24 Å². The molecule has 1 unspecified atom stereocenters. The second-order valence-corrected chi connectivity index (χ2v) is 4.80. The van der Waals surface area contributed by atoms with E-state index in [9.17, 15) is 4.39 Å². The third kappa shape index (κ3) is 1.67. The van der Waals surface area contributed by atoms with Crippen molar-refractivity contribution >= 4 is 0 Å². The van der Waals surface area contributed by atoms with Crippen LogP contribution in [0.25, 0.3) is 0 Å². The number of hydrogen-bond donors (Lipinski definition) is 0. The highest BCUT2D eigenvalue weighted by Crippen LogP contribution is 2.38. The van der Waals surface area contributed by atoms with Gasteiger partial charge in [-0.3, -0.25) is 0 Å². The monoisotopic (exact) mass is 205 g/mol. The lowest BCUT2D eigenvalue weighted by Gasteiger charge is -2.45. The molecule has 3 saturated heterocycles. The normalized spacial score (nSPS) is 34.3. The SMILES string of the molecule is Fc1cccc(C2CN3CCC2CC3)c1. The van der Waals surface area contributed by atoms with Crippen LogP contribution in [0.15, 0.2) is 24.3 Å². The summed E-state index contributed by atoms with van der Waals surface area (Å²) >= 11 is 0. The smallest absolute Gasteiger partial charge is 0.123 e. The Bertz CT molecular complexity index is 355. The zero-order valence-corrected chi connectivity index (χ0v) is 8.82. The number of fused-ring (bicyclic) bond motifs is 3. The van der Waals surface area contributed by atoms with Crippen molar-refractivity contribution in [1.29, 1.82) is 0 Å². The number of halogens is 1. The molecule has 2 bridgehead atoms. The average Bonchev–Trinajstić information content (AvgIpc) is 2.30. The number of rotatable bonds is 1. The lowest BCUT2D eigenvalue weighted by molar-refractivity contribution is 0.0870. The molecular formula is C13H16FN. The van der Waals surface area contributed by atoms with E-state index in [1.54, 1.807) is 6.07 Å². The van der Waals surface area contributed by atoms with E-state index >= 15 is 0 Å². The van der Waals surface area contributed by atoms with Crippen molar-refractivity contribution in [2.24, 2.45) is 5.92 Å². The first-order valence-electron chi connectivity index (χ1n) is 5.81. The molecule has 0 aliphatic carbocycles. The Labute approximate surface area is 89.9 Å². The second-order valence-electron chi connectivity index (χ2n) is 4.80. The molecule has 3 aliphatic heterocycles. The Balaban J connectivity index is 1.88. The van der Waals surface area contributed by atoms with Gasteiger partial charge in [0, 0.05) is 6.54 Å². The van der Waals surface area contributed by atoms with Crippen molar-refractivity contribution in [3.8, 4) is 0 Å². The summed E-state index contributed by atoms with van der Waals surface area (Å²) in [5.41, 5.74) is 1.20. The summed E-state index contributed by atoms with van der Waals surface area (Å²) in [5.74, 6) is 1.27. The molecule has 0 amide bonds. The van der Waals surface area contributed by atoms with E-state index in [2.05, 4.69) is 11.0 Å². The van der Waals surface area contributed by atoms with Gasteiger partial charge in [0.05, 0.1) is 0 Å². The second kappa shape index (κ2) is 3.60. The minimum Gasteiger partial charge on any atom is -0.303 e. The Morgan fingerprint density at radius 2 is 2.00 bits per heavy atom. The minimum atomic E-state index is -0.0936. The summed E-state index contributed by atoms with van der Waals surface area (Å²) in [5, 5.41) is 0. The first-order chi connectivity index (χ1) is 7.33. The molecule has 0 radical (unpaired) electrons. The van der Waals surface area contributed by atoms with Crippen LogP contribution in [0.3, 0.4) is 0 Å². The molecule has 3 heterocycles. The molecule has 2 heteroatoms. The van der Waals surface area contributed by atoms with Gasteiger partial charge < -0.3 is 4.90 Å². The standard InChI is InChI=1S/C13H16FN/c14-12-3-1-2-11(8-12)13-9-15-6-4-10(13)5-7-15/h1-3,8,10,13H,4-7,9H2. The molecule has 0 spiro atoms. The van der Waals surface area contributed by atoms with Crippen LogP contribution in [0.2, 0.25) is 0 Å². The average molecular weight is 205 g/mol. The third-order valence-electron chi connectivity index (χ3n) is 3.93. The summed E-state index contributed by atoms with van der Waals surface area (Å²) < 4.78 is 13.2. The van der Waals surface area contributed by atoms with Crippen molar-refractivity contribution in [1.82, 2.24) is 4.90 Å². The largest absolute Gasteiger partial charge is 0.303 e. The highest BCUT2D eigenvalue weighted by atomic mass is 19.1. The first kappa shape index (κ1) is 9.34. The lowest BCUT2D eigenvalue weighted by atomic mass is 9.75. The molecular weight excluding hydrogens is 189 g/mol. The van der Waals surface area contributed by atoms with Gasteiger partial charge in [-0.15, -0.1) is 0 Å². The molecule has 0 aromatic heterocycles. The molecule has 4 rings (SSSR count). The fourth-order valence-electron chi connectivity index (χ4n) is 3.08. The Morgan fingerprint density at radius 1 is 1.20 bits per heavy atom. The highest BCUT2D eigenvalue weighted by Gasteiger charge is 2.34. The summed E-state index contributed by atoms with van der Waals surface area (Å²) in [6, 6.07) is 7.16. The van der Waals surface area contributed by atoms with Crippen molar-refractivity contribution in [2.45, 2.75) is 18.8 Å². The number of piperidine rings is 3. The summed E-state index contributed by atoms with van der Waals surface area (Å²) in [4.78, 5) is 2.51. The molecule has 0 saturated carbocycles. The number of nitrogens with zero attached hydrogens (tertiary/aromatic N) is 1. The fraction of sp³-hybridized carbons (Fsp3) is 0.538. The first-order valence-corrected chi connectivity index (χ1v) is 5.81. The minimum absolute atomic E-state index is 0.0936. The Morgan fingerprint density at radius 3 is 2.60 bits per heavy atom. The van der Waals surface area contributed by atoms with E-state index in [1.807, 2.05) is 6.07 Å². The Kier molecular flexibility index (Phi) is 2.24. The van der Waals surface area contributed by atoms with Crippen LogP contribution >= 0.6 is 0 Å². The predicted octanol–water partition coefficient (Wildman–Crippen LogP) is 2.63. The zero-order valence-electron chi connectivity index (χ0n) is 8.82. The maximum atomic E-state index is 13.2. The number of hydrogen-bond acceptors (Lipinski definition) is 1. The molecule has 3 aliphatic rings. The van der Waals surface area contributed by atoms with E-state index in [1.165, 1.54) is 37.6 Å². The lowest BCUT2D eigenvalue weighted by Crippen LogP contribution is -2.46. The predicted molar refractivity (Wildman–Crippen MR) is 58.3 cm³/mol. The van der Waals surface area contributed by atoms with Crippen LogP contribution in [-0.2, 0) is 0 Å². The number of benzene rings is 1. The highest BCUT2D eigenvalue weighted by molar-refractivity contribution is 5.23. The fourth-order valence-corrected chi connectivity index (χ4v) is 3.08. The summed E-state index contributed by atoms with van der Waals surface area (Å²) in [6.45, 7) is 3.63. The van der Waals surface area contributed by atoms with Gasteiger partial charge in [0.2, 0.25) is 0 Å². The summed E-state index contributed by atoms with van der Waals surface area (Å²) in [7, 11) is 0. The van der Waals surface area contributed by atoms with Gasteiger partial charge in [0.15, 0.2) is 0 Å². The molecule has 1 aromatic carbocycles. The van der Waals surface area contributed by atoms with Gasteiger partial charge in [0.25, 0.3) is 0 Å². The van der Waals surface area contributed by atoms with Crippen LogP contribution in [0, 0.1) is 11.7 Å². The molecule has 1 aromatic rings. The van der Waals surface area contributed by atoms with Crippen molar-refractivity contribution < 1.29 is 4.39 Å². The van der Waals surface area contributed by atoms with E-state index in [0.717, 1.165) is 12.5 Å². The van der Waals surface area contributed by atoms with Gasteiger partial charge in [-0.05, 0) is 55.5 Å². The van der Waals surface area contributed by atoms with Crippen LogP contribution in [0.5, 0.6) is 0 Å². The van der Waals surface area contributed by atoms with E-state index in [-0.39, 0.29) is 5.82 Å². The zero-order chi connectivity index (χ0) is 10.3. The van der Waals surface area contributed by atoms with Gasteiger partial charge in [-0.25, -0.2) is 4.39 Å². The van der Waals surface area contributed by atoms with Crippen LogP contribution in [0.4, 0.5) is 4.39 Å². The molecule has 1 atom stereocenters. The maximum Gasteiger partial charge on any atom is 0.123 e. The van der Waals surface area contributed by atoms with E-state index in [4.69, 9.17) is 0 Å². The van der Waals surface area contributed by atoms with Crippen LogP contribution in [0.1, 0.15) is 24.3 Å². The van der Waals surface area contributed by atoms with E-state index in [0.29, 0.717) is 5.92 Å².